The third-order valence-electron chi connectivity index (χ3n) is 3.17. The molecule has 0 amide bonds. The Bertz CT molecular complexity index is 447. The topological polar surface area (TPSA) is 75.1 Å². The first kappa shape index (κ1) is 16.4. The van der Waals surface area contributed by atoms with E-state index in [0.29, 0.717) is 11.5 Å². The van der Waals surface area contributed by atoms with Crippen molar-refractivity contribution in [3.63, 3.8) is 0 Å². The van der Waals surface area contributed by atoms with Gasteiger partial charge in [0.15, 0.2) is 5.69 Å². The van der Waals surface area contributed by atoms with E-state index in [1.165, 1.54) is 12.8 Å². The van der Waals surface area contributed by atoms with Crippen LogP contribution in [0.2, 0.25) is 0 Å². The second kappa shape index (κ2) is 7.82. The summed E-state index contributed by atoms with van der Waals surface area (Å²) >= 11 is 0. The number of hydrogen-bond acceptors (Lipinski definition) is 4. The molecule has 0 fully saturated rings. The van der Waals surface area contributed by atoms with Crippen molar-refractivity contribution in [3.05, 3.63) is 17.7 Å². The lowest BCUT2D eigenvalue weighted by Crippen LogP contribution is -2.19. The monoisotopic (exact) mass is 279 g/mol. The van der Waals surface area contributed by atoms with Crippen molar-refractivity contribution in [1.82, 2.24) is 9.97 Å². The molecule has 1 atom stereocenters. The lowest BCUT2D eigenvalue weighted by Gasteiger charge is -2.17. The van der Waals surface area contributed by atoms with Crippen LogP contribution in [0.4, 0.5) is 5.69 Å². The Morgan fingerprint density at radius 2 is 2.05 bits per heavy atom. The Morgan fingerprint density at radius 3 is 2.60 bits per heavy atom. The Balaban J connectivity index is 2.81. The van der Waals surface area contributed by atoms with E-state index in [4.69, 9.17) is 0 Å². The largest absolute Gasteiger partial charge is 0.476 e. The number of carbonyl (C=O) groups is 1. The molecule has 1 aromatic rings. The van der Waals surface area contributed by atoms with Crippen molar-refractivity contribution >= 4 is 11.7 Å². The molecule has 112 valence electrons. The number of anilines is 1. The van der Waals surface area contributed by atoms with E-state index in [1.54, 1.807) is 6.20 Å². The van der Waals surface area contributed by atoms with Gasteiger partial charge in [-0.25, -0.2) is 14.8 Å². The van der Waals surface area contributed by atoms with Gasteiger partial charge in [0.05, 0.1) is 11.9 Å². The minimum atomic E-state index is -1.02. The van der Waals surface area contributed by atoms with E-state index in [-0.39, 0.29) is 17.7 Å². The maximum Gasteiger partial charge on any atom is 0.356 e. The van der Waals surface area contributed by atoms with Crippen LogP contribution in [0, 0.1) is 0 Å². The fraction of sp³-hybridized carbons (Fsp3) is 0.667. The van der Waals surface area contributed by atoms with Gasteiger partial charge < -0.3 is 10.4 Å². The van der Waals surface area contributed by atoms with Crippen LogP contribution in [-0.2, 0) is 0 Å². The Hall–Kier alpha value is -1.65. The summed E-state index contributed by atoms with van der Waals surface area (Å²) in [5.41, 5.74) is 0.567. The molecule has 0 aliphatic heterocycles. The minimum absolute atomic E-state index is 0.0611. The molecule has 1 heterocycles. The zero-order chi connectivity index (χ0) is 15.1. The van der Waals surface area contributed by atoms with E-state index in [2.05, 4.69) is 29.1 Å². The van der Waals surface area contributed by atoms with Gasteiger partial charge in [0.2, 0.25) is 0 Å². The van der Waals surface area contributed by atoms with Gasteiger partial charge in [-0.2, -0.15) is 0 Å². The van der Waals surface area contributed by atoms with E-state index < -0.39 is 5.97 Å². The Kier molecular flexibility index (Phi) is 6.42. The first-order valence-corrected chi connectivity index (χ1v) is 7.32. The number of carboxylic acid groups (broad SMARTS) is 1. The predicted molar refractivity (Wildman–Crippen MR) is 80.3 cm³/mol. The van der Waals surface area contributed by atoms with Crippen LogP contribution in [0.3, 0.4) is 0 Å². The average molecular weight is 279 g/mol. The van der Waals surface area contributed by atoms with Crippen molar-refractivity contribution in [2.24, 2.45) is 0 Å². The number of nitrogens with one attached hydrogen (secondary N) is 1. The van der Waals surface area contributed by atoms with Crippen LogP contribution in [-0.4, -0.2) is 27.1 Å². The molecule has 1 unspecified atom stereocenters. The molecule has 0 aliphatic rings. The van der Waals surface area contributed by atoms with Crippen molar-refractivity contribution in [3.8, 4) is 0 Å². The molecule has 20 heavy (non-hydrogen) atoms. The predicted octanol–water partition coefficient (Wildman–Crippen LogP) is 3.68. The summed E-state index contributed by atoms with van der Waals surface area (Å²) in [5.74, 6) is -0.340. The van der Waals surface area contributed by atoms with Crippen molar-refractivity contribution in [1.29, 1.82) is 0 Å². The highest BCUT2D eigenvalue weighted by Gasteiger charge is 2.16. The first-order valence-electron chi connectivity index (χ1n) is 7.32. The number of nitrogens with zero attached hydrogens (tertiary/aromatic N) is 2. The maximum absolute atomic E-state index is 11.3. The minimum Gasteiger partial charge on any atom is -0.476 e. The van der Waals surface area contributed by atoms with Crippen LogP contribution in [0.1, 0.15) is 75.6 Å². The molecular formula is C15H25N3O2. The lowest BCUT2D eigenvalue weighted by atomic mass is 10.1. The SMILES string of the molecule is CCCCCC(C)Nc1cnc(C(C)C)nc1C(=O)O. The number of hydrogen-bond donors (Lipinski definition) is 2. The highest BCUT2D eigenvalue weighted by atomic mass is 16.4. The summed E-state index contributed by atoms with van der Waals surface area (Å²) in [4.78, 5) is 19.7. The second-order valence-corrected chi connectivity index (χ2v) is 5.49. The van der Waals surface area contributed by atoms with Gasteiger partial charge in [0, 0.05) is 12.0 Å². The fourth-order valence-electron chi connectivity index (χ4n) is 1.98. The summed E-state index contributed by atoms with van der Waals surface area (Å²) in [6.45, 7) is 8.11. The Morgan fingerprint density at radius 1 is 1.35 bits per heavy atom. The summed E-state index contributed by atoms with van der Waals surface area (Å²) < 4.78 is 0. The van der Waals surface area contributed by atoms with Gasteiger partial charge in [-0.15, -0.1) is 0 Å². The van der Waals surface area contributed by atoms with Gasteiger partial charge in [-0.3, -0.25) is 0 Å². The van der Waals surface area contributed by atoms with Crippen molar-refractivity contribution < 1.29 is 9.90 Å². The molecule has 0 spiro atoms. The summed E-state index contributed by atoms with van der Waals surface area (Å²) in [7, 11) is 0. The Labute approximate surface area is 120 Å². The molecule has 1 aromatic heterocycles. The molecule has 0 aromatic carbocycles. The van der Waals surface area contributed by atoms with E-state index in [9.17, 15) is 9.90 Å². The lowest BCUT2D eigenvalue weighted by molar-refractivity contribution is 0.0691. The molecule has 0 radical (unpaired) electrons. The van der Waals surface area contributed by atoms with Crippen molar-refractivity contribution in [2.75, 3.05) is 5.32 Å². The van der Waals surface area contributed by atoms with E-state index in [1.807, 2.05) is 13.8 Å². The van der Waals surface area contributed by atoms with Crippen LogP contribution in [0.25, 0.3) is 0 Å². The first-order chi connectivity index (χ1) is 9.45. The number of carboxylic acids is 1. The number of aromatic nitrogens is 2. The molecule has 0 aliphatic carbocycles. The summed E-state index contributed by atoms with van der Waals surface area (Å²) in [6, 6.07) is 0.216. The van der Waals surface area contributed by atoms with Gasteiger partial charge >= 0.3 is 5.97 Å². The number of aromatic carboxylic acids is 1. The quantitative estimate of drug-likeness (QED) is 0.710. The van der Waals surface area contributed by atoms with Crippen LogP contribution in [0.15, 0.2) is 6.20 Å². The standard InChI is InChI=1S/C15H25N3O2/c1-5-6-7-8-11(4)17-12-9-16-14(10(2)3)18-13(12)15(19)20/h9-11,17H,5-8H2,1-4H3,(H,19,20). The van der Waals surface area contributed by atoms with Gasteiger partial charge in [0.25, 0.3) is 0 Å². The zero-order valence-corrected chi connectivity index (χ0v) is 12.8. The summed E-state index contributed by atoms with van der Waals surface area (Å²) in [5, 5.41) is 12.5. The van der Waals surface area contributed by atoms with Crippen LogP contribution >= 0.6 is 0 Å². The molecule has 0 saturated carbocycles. The van der Waals surface area contributed by atoms with E-state index in [0.717, 1.165) is 12.8 Å². The molecule has 5 heteroatoms. The van der Waals surface area contributed by atoms with E-state index >= 15 is 0 Å². The molecule has 0 saturated heterocycles. The summed E-state index contributed by atoms with van der Waals surface area (Å²) in [6.07, 6.45) is 6.11. The molecular weight excluding hydrogens is 254 g/mol. The van der Waals surface area contributed by atoms with Gasteiger partial charge in [-0.1, -0.05) is 40.0 Å². The zero-order valence-electron chi connectivity index (χ0n) is 12.8. The average Bonchev–Trinajstić information content (AvgIpc) is 2.38. The highest BCUT2D eigenvalue weighted by molar-refractivity contribution is 5.91. The highest BCUT2D eigenvalue weighted by Crippen LogP contribution is 2.18. The number of rotatable bonds is 8. The fourth-order valence-corrected chi connectivity index (χ4v) is 1.98. The van der Waals surface area contributed by atoms with Crippen LogP contribution in [0.5, 0.6) is 0 Å². The maximum atomic E-state index is 11.3. The normalized spacial score (nSPS) is 12.4. The molecule has 0 bridgehead atoms. The molecule has 2 N–H and O–H groups in total. The molecule has 5 nitrogen and oxygen atoms in total. The van der Waals surface area contributed by atoms with Crippen LogP contribution < -0.4 is 5.32 Å². The molecule has 1 rings (SSSR count). The van der Waals surface area contributed by atoms with Gasteiger partial charge in [-0.05, 0) is 13.3 Å². The smallest absolute Gasteiger partial charge is 0.356 e. The van der Waals surface area contributed by atoms with Crippen molar-refractivity contribution in [2.45, 2.75) is 65.3 Å². The third-order valence-corrected chi connectivity index (χ3v) is 3.17. The third kappa shape index (κ3) is 4.79. The van der Waals surface area contributed by atoms with Gasteiger partial charge in [0.1, 0.15) is 5.82 Å². The second-order valence-electron chi connectivity index (χ2n) is 5.49. The number of unbranched alkanes of at least 4 members (excludes halogenated alkanes) is 2.